The number of nitrogens with zero attached hydrogens (tertiary/aromatic N) is 4. The highest BCUT2D eigenvalue weighted by molar-refractivity contribution is 8.00. The molecule has 2 aromatic heterocycles. The van der Waals surface area contributed by atoms with Gasteiger partial charge in [0.1, 0.15) is 0 Å². The summed E-state index contributed by atoms with van der Waals surface area (Å²) in [5.74, 6) is 0.0191. The molecule has 0 unspecified atom stereocenters. The Kier molecular flexibility index (Phi) is 6.38. The lowest BCUT2D eigenvalue weighted by atomic mass is 10.2. The highest BCUT2D eigenvalue weighted by Gasteiger charge is 2.20. The molecule has 0 saturated heterocycles. The van der Waals surface area contributed by atoms with Gasteiger partial charge in [0.25, 0.3) is 11.8 Å². The van der Waals surface area contributed by atoms with Crippen molar-refractivity contribution in [1.82, 2.24) is 30.6 Å². The lowest BCUT2D eigenvalue weighted by Gasteiger charge is -2.13. The number of thioether (sulfide) groups is 1. The monoisotopic (exact) mass is 396 g/mol. The molecule has 0 aliphatic rings. The van der Waals surface area contributed by atoms with Crippen molar-refractivity contribution in [2.24, 2.45) is 0 Å². The first-order valence-corrected chi connectivity index (χ1v) is 9.63. The summed E-state index contributed by atoms with van der Waals surface area (Å²) in [5, 5.41) is 8.62. The van der Waals surface area contributed by atoms with E-state index in [1.807, 2.05) is 29.7 Å². The van der Waals surface area contributed by atoms with E-state index in [0.29, 0.717) is 17.3 Å². The van der Waals surface area contributed by atoms with E-state index < -0.39 is 5.25 Å². The van der Waals surface area contributed by atoms with E-state index in [2.05, 4.69) is 26.0 Å². The summed E-state index contributed by atoms with van der Waals surface area (Å²) >= 11 is 1.28. The number of aromatic nitrogens is 4. The summed E-state index contributed by atoms with van der Waals surface area (Å²) in [6, 6.07) is 12.4. The standard InChI is InChI=1S/C19H20N6O2S/c1-3-25-16(14-9-11-20-12-10-14)21-24-19(25)28-13(2)17(26)22-23-18(27)15-7-5-4-6-8-15/h4-13H,3H2,1-2H3,(H,22,26)(H,23,27)/t13-/m0/s1. The Hall–Kier alpha value is -3.20. The molecule has 3 rings (SSSR count). The highest BCUT2D eigenvalue weighted by atomic mass is 32.2. The Morgan fingerprint density at radius 2 is 1.79 bits per heavy atom. The molecule has 0 aliphatic heterocycles. The van der Waals surface area contributed by atoms with Crippen molar-refractivity contribution in [2.45, 2.75) is 30.8 Å². The molecular weight excluding hydrogens is 376 g/mol. The Morgan fingerprint density at radius 1 is 1.07 bits per heavy atom. The summed E-state index contributed by atoms with van der Waals surface area (Å²) in [6.45, 7) is 4.39. The molecule has 1 atom stereocenters. The van der Waals surface area contributed by atoms with Crippen molar-refractivity contribution in [1.29, 1.82) is 0 Å². The van der Waals surface area contributed by atoms with Crippen LogP contribution in [0.25, 0.3) is 11.4 Å². The normalized spacial score (nSPS) is 11.6. The third-order valence-electron chi connectivity index (χ3n) is 3.96. The van der Waals surface area contributed by atoms with Crippen LogP contribution in [0.3, 0.4) is 0 Å². The molecule has 0 saturated carbocycles. The van der Waals surface area contributed by atoms with E-state index in [1.165, 1.54) is 11.8 Å². The summed E-state index contributed by atoms with van der Waals surface area (Å²) in [5.41, 5.74) is 6.25. The Bertz CT molecular complexity index is 946. The summed E-state index contributed by atoms with van der Waals surface area (Å²) in [4.78, 5) is 28.4. The number of hydrogen-bond acceptors (Lipinski definition) is 6. The predicted octanol–water partition coefficient (Wildman–Crippen LogP) is 2.30. The molecule has 2 amide bonds. The second kappa shape index (κ2) is 9.14. The number of amides is 2. The van der Waals surface area contributed by atoms with Gasteiger partial charge in [-0.1, -0.05) is 30.0 Å². The third-order valence-corrected chi connectivity index (χ3v) is 5.04. The van der Waals surface area contributed by atoms with Crippen LogP contribution in [0.2, 0.25) is 0 Å². The zero-order valence-corrected chi connectivity index (χ0v) is 16.3. The van der Waals surface area contributed by atoms with Crippen molar-refractivity contribution < 1.29 is 9.59 Å². The van der Waals surface area contributed by atoms with Crippen molar-refractivity contribution >= 4 is 23.6 Å². The summed E-state index contributed by atoms with van der Waals surface area (Å²) < 4.78 is 1.94. The topological polar surface area (TPSA) is 102 Å². The van der Waals surface area contributed by atoms with Gasteiger partial charge in [0.2, 0.25) is 0 Å². The van der Waals surface area contributed by atoms with Crippen LogP contribution in [0.1, 0.15) is 24.2 Å². The number of carbonyl (C=O) groups is 2. The Labute approximate surface area is 166 Å². The molecule has 28 heavy (non-hydrogen) atoms. The number of hydrogen-bond donors (Lipinski definition) is 2. The smallest absolute Gasteiger partial charge is 0.269 e. The Morgan fingerprint density at radius 3 is 2.46 bits per heavy atom. The number of benzene rings is 1. The summed E-state index contributed by atoms with van der Waals surface area (Å²) in [7, 11) is 0. The van der Waals surface area contributed by atoms with Gasteiger partial charge >= 0.3 is 0 Å². The maximum atomic E-state index is 12.3. The van der Waals surface area contributed by atoms with Crippen molar-refractivity contribution in [3.05, 3.63) is 60.4 Å². The summed E-state index contributed by atoms with van der Waals surface area (Å²) in [6.07, 6.45) is 3.39. The molecule has 0 spiro atoms. The van der Waals surface area contributed by atoms with Crippen molar-refractivity contribution in [2.75, 3.05) is 0 Å². The van der Waals surface area contributed by atoms with E-state index >= 15 is 0 Å². The second-order valence-electron chi connectivity index (χ2n) is 5.86. The van der Waals surface area contributed by atoms with E-state index in [1.54, 1.807) is 43.6 Å². The van der Waals surface area contributed by atoms with Crippen LogP contribution in [-0.2, 0) is 11.3 Å². The third kappa shape index (κ3) is 4.55. The first-order valence-electron chi connectivity index (χ1n) is 8.75. The molecule has 3 aromatic rings. The SMILES string of the molecule is CCn1c(S[C@@H](C)C(=O)NNC(=O)c2ccccc2)nnc1-c1ccncc1. The fourth-order valence-electron chi connectivity index (χ4n) is 2.47. The average molecular weight is 396 g/mol. The van der Waals surface area contributed by atoms with Gasteiger partial charge in [0.15, 0.2) is 11.0 Å². The minimum Gasteiger partial charge on any atom is -0.302 e. The van der Waals surface area contributed by atoms with Crippen LogP contribution in [0.5, 0.6) is 0 Å². The Balaban J connectivity index is 1.63. The van der Waals surface area contributed by atoms with Crippen LogP contribution >= 0.6 is 11.8 Å². The van der Waals surface area contributed by atoms with E-state index in [9.17, 15) is 9.59 Å². The lowest BCUT2D eigenvalue weighted by Crippen LogP contribution is -2.44. The van der Waals surface area contributed by atoms with E-state index in [0.717, 1.165) is 11.4 Å². The first kappa shape index (κ1) is 19.6. The van der Waals surface area contributed by atoms with Gasteiger partial charge in [-0.3, -0.25) is 25.4 Å². The molecule has 2 N–H and O–H groups in total. The largest absolute Gasteiger partial charge is 0.302 e. The zero-order chi connectivity index (χ0) is 19.9. The number of pyridine rings is 1. The predicted molar refractivity (Wildman–Crippen MR) is 106 cm³/mol. The van der Waals surface area contributed by atoms with Gasteiger partial charge in [0.05, 0.1) is 5.25 Å². The molecule has 9 heteroatoms. The number of hydrazine groups is 1. The molecule has 1 aromatic carbocycles. The van der Waals surface area contributed by atoms with Crippen molar-refractivity contribution in [3.63, 3.8) is 0 Å². The molecule has 2 heterocycles. The highest BCUT2D eigenvalue weighted by Crippen LogP contribution is 2.26. The number of carbonyl (C=O) groups excluding carboxylic acids is 2. The molecule has 8 nitrogen and oxygen atoms in total. The zero-order valence-electron chi connectivity index (χ0n) is 15.5. The maximum Gasteiger partial charge on any atom is 0.269 e. The average Bonchev–Trinajstić information content (AvgIpc) is 3.15. The quantitative estimate of drug-likeness (QED) is 0.490. The van der Waals surface area contributed by atoms with Gasteiger partial charge in [-0.05, 0) is 38.1 Å². The lowest BCUT2D eigenvalue weighted by molar-refractivity contribution is -0.121. The molecule has 0 fully saturated rings. The number of rotatable bonds is 6. The molecule has 0 bridgehead atoms. The maximum absolute atomic E-state index is 12.3. The molecular formula is C19H20N6O2S. The minimum absolute atomic E-state index is 0.328. The molecule has 0 radical (unpaired) electrons. The van der Waals surface area contributed by atoms with E-state index in [-0.39, 0.29) is 11.8 Å². The van der Waals surface area contributed by atoms with Crippen LogP contribution in [-0.4, -0.2) is 36.8 Å². The first-order chi connectivity index (χ1) is 13.6. The fourth-order valence-corrected chi connectivity index (χ4v) is 3.38. The van der Waals surface area contributed by atoms with Crippen LogP contribution < -0.4 is 10.9 Å². The van der Waals surface area contributed by atoms with Crippen molar-refractivity contribution in [3.8, 4) is 11.4 Å². The molecule has 0 aliphatic carbocycles. The second-order valence-corrected chi connectivity index (χ2v) is 7.16. The van der Waals surface area contributed by atoms with Gasteiger partial charge < -0.3 is 4.57 Å². The van der Waals surface area contributed by atoms with Gasteiger partial charge in [-0.15, -0.1) is 10.2 Å². The van der Waals surface area contributed by atoms with Gasteiger partial charge in [-0.2, -0.15) is 0 Å². The molecule has 144 valence electrons. The van der Waals surface area contributed by atoms with Crippen LogP contribution in [0, 0.1) is 0 Å². The van der Waals surface area contributed by atoms with Crippen LogP contribution in [0.4, 0.5) is 0 Å². The minimum atomic E-state index is -0.476. The number of nitrogens with one attached hydrogen (secondary N) is 2. The van der Waals surface area contributed by atoms with Crippen LogP contribution in [0.15, 0.2) is 60.0 Å². The fraction of sp³-hybridized carbons (Fsp3) is 0.211. The van der Waals surface area contributed by atoms with Gasteiger partial charge in [-0.25, -0.2) is 0 Å². The van der Waals surface area contributed by atoms with Gasteiger partial charge in [0, 0.05) is 30.1 Å². The van der Waals surface area contributed by atoms with E-state index in [4.69, 9.17) is 0 Å².